The number of halogens is 1. The number of likely N-dealkylation sites (tertiary alicyclic amines) is 1. The predicted molar refractivity (Wildman–Crippen MR) is 60.7 cm³/mol. The maximum atomic E-state index is 11.7. The summed E-state index contributed by atoms with van der Waals surface area (Å²) in [6.07, 6.45) is 1.82. The lowest BCUT2D eigenvalue weighted by Gasteiger charge is -2.29. The molecular formula is C12H14ClNO. The highest BCUT2D eigenvalue weighted by molar-refractivity contribution is 6.30. The molecule has 0 N–H and O–H groups in total. The average Bonchev–Trinajstić information content (AvgIpc) is 2.26. The molecule has 1 heterocycles. The molecule has 1 saturated heterocycles. The average molecular weight is 224 g/mol. The van der Waals surface area contributed by atoms with Crippen LogP contribution in [0.4, 0.5) is 0 Å². The van der Waals surface area contributed by atoms with Crippen LogP contribution in [0.2, 0.25) is 0 Å². The van der Waals surface area contributed by atoms with E-state index in [1.165, 1.54) is 0 Å². The Balaban J connectivity index is 2.03. The fourth-order valence-electron chi connectivity index (χ4n) is 1.85. The Labute approximate surface area is 94.8 Å². The number of alkyl halides is 1. The van der Waals surface area contributed by atoms with Crippen LogP contribution in [-0.2, 0) is 11.3 Å². The molecule has 1 atom stereocenters. The molecule has 80 valence electrons. The molecule has 0 saturated carbocycles. The fourth-order valence-corrected chi connectivity index (χ4v) is 2.15. The van der Waals surface area contributed by atoms with Gasteiger partial charge in [0.2, 0.25) is 5.91 Å². The molecular weight excluding hydrogens is 210 g/mol. The smallest absolute Gasteiger partial charge is 0.240 e. The lowest BCUT2D eigenvalue weighted by atomic mass is 10.1. The van der Waals surface area contributed by atoms with Gasteiger partial charge in [-0.05, 0) is 18.4 Å². The highest BCUT2D eigenvalue weighted by atomic mass is 35.5. The number of rotatable bonds is 2. The first kappa shape index (κ1) is 10.5. The van der Waals surface area contributed by atoms with E-state index in [1.807, 2.05) is 35.2 Å². The van der Waals surface area contributed by atoms with Crippen LogP contribution in [0.15, 0.2) is 30.3 Å². The minimum atomic E-state index is -0.317. The Morgan fingerprint density at radius 1 is 1.33 bits per heavy atom. The molecule has 1 aromatic carbocycles. The summed E-state index contributed by atoms with van der Waals surface area (Å²) in [6.45, 7) is 1.51. The Hall–Kier alpha value is -1.02. The van der Waals surface area contributed by atoms with Crippen LogP contribution in [0.5, 0.6) is 0 Å². The number of piperidine rings is 1. The van der Waals surface area contributed by atoms with Gasteiger partial charge in [-0.1, -0.05) is 30.3 Å². The van der Waals surface area contributed by atoms with E-state index in [9.17, 15) is 4.79 Å². The van der Waals surface area contributed by atoms with Gasteiger partial charge in [0, 0.05) is 13.1 Å². The summed E-state index contributed by atoms with van der Waals surface area (Å²) in [7, 11) is 0. The predicted octanol–water partition coefficient (Wildman–Crippen LogP) is 2.42. The van der Waals surface area contributed by atoms with Crippen LogP contribution in [0.1, 0.15) is 18.4 Å². The number of hydrogen-bond acceptors (Lipinski definition) is 1. The van der Waals surface area contributed by atoms with Crippen LogP contribution in [0.25, 0.3) is 0 Å². The highest BCUT2D eigenvalue weighted by Crippen LogP contribution is 2.18. The van der Waals surface area contributed by atoms with Crippen molar-refractivity contribution < 1.29 is 4.79 Å². The van der Waals surface area contributed by atoms with E-state index < -0.39 is 0 Å². The summed E-state index contributed by atoms with van der Waals surface area (Å²) < 4.78 is 0. The third-order valence-electron chi connectivity index (χ3n) is 2.68. The van der Waals surface area contributed by atoms with Crippen molar-refractivity contribution in [2.75, 3.05) is 6.54 Å². The highest BCUT2D eigenvalue weighted by Gasteiger charge is 2.26. The van der Waals surface area contributed by atoms with Gasteiger partial charge in [0.05, 0.1) is 0 Å². The molecule has 3 heteroatoms. The van der Waals surface area contributed by atoms with E-state index >= 15 is 0 Å². The van der Waals surface area contributed by atoms with Crippen LogP contribution < -0.4 is 0 Å². The molecule has 1 fully saturated rings. The third-order valence-corrected chi connectivity index (χ3v) is 3.09. The largest absolute Gasteiger partial charge is 0.337 e. The summed E-state index contributed by atoms with van der Waals surface area (Å²) in [5.41, 5.74) is 1.16. The summed E-state index contributed by atoms with van der Waals surface area (Å²) >= 11 is 5.94. The van der Waals surface area contributed by atoms with Gasteiger partial charge in [0.15, 0.2) is 0 Å². The van der Waals surface area contributed by atoms with Gasteiger partial charge in [-0.15, -0.1) is 11.6 Å². The monoisotopic (exact) mass is 223 g/mol. The summed E-state index contributed by atoms with van der Waals surface area (Å²) in [5, 5.41) is -0.317. The van der Waals surface area contributed by atoms with Crippen molar-refractivity contribution in [3.05, 3.63) is 35.9 Å². The van der Waals surface area contributed by atoms with E-state index in [0.717, 1.165) is 24.9 Å². The standard InChI is InChI=1S/C12H14ClNO/c13-11-7-4-8-14(12(11)15)9-10-5-2-1-3-6-10/h1-3,5-6,11H,4,7-9H2. The molecule has 0 aliphatic carbocycles. The van der Waals surface area contributed by atoms with Crippen molar-refractivity contribution >= 4 is 17.5 Å². The molecule has 0 radical (unpaired) electrons. The van der Waals surface area contributed by atoms with Crippen molar-refractivity contribution in [3.63, 3.8) is 0 Å². The van der Waals surface area contributed by atoms with Crippen LogP contribution in [-0.4, -0.2) is 22.7 Å². The third kappa shape index (κ3) is 2.51. The van der Waals surface area contributed by atoms with E-state index in [0.29, 0.717) is 6.54 Å². The number of benzene rings is 1. The quantitative estimate of drug-likeness (QED) is 0.706. The molecule has 0 spiro atoms. The lowest BCUT2D eigenvalue weighted by Crippen LogP contribution is -2.41. The lowest BCUT2D eigenvalue weighted by molar-refractivity contribution is -0.133. The molecule has 1 aliphatic heterocycles. The maximum absolute atomic E-state index is 11.7. The summed E-state index contributed by atoms with van der Waals surface area (Å²) in [6, 6.07) is 10.0. The molecule has 0 aromatic heterocycles. The molecule has 1 aromatic rings. The zero-order valence-electron chi connectivity index (χ0n) is 8.53. The first-order chi connectivity index (χ1) is 7.27. The second-order valence-electron chi connectivity index (χ2n) is 3.86. The Kier molecular flexibility index (Phi) is 3.27. The van der Waals surface area contributed by atoms with E-state index in [1.54, 1.807) is 0 Å². The zero-order chi connectivity index (χ0) is 10.7. The first-order valence-electron chi connectivity index (χ1n) is 5.24. The number of carbonyl (C=O) groups is 1. The first-order valence-corrected chi connectivity index (χ1v) is 5.68. The molecule has 2 nitrogen and oxygen atoms in total. The molecule has 1 unspecified atom stereocenters. The minimum absolute atomic E-state index is 0.0757. The van der Waals surface area contributed by atoms with Crippen LogP contribution >= 0.6 is 11.6 Å². The van der Waals surface area contributed by atoms with E-state index in [-0.39, 0.29) is 11.3 Å². The van der Waals surface area contributed by atoms with Crippen LogP contribution in [0.3, 0.4) is 0 Å². The van der Waals surface area contributed by atoms with E-state index in [4.69, 9.17) is 11.6 Å². The van der Waals surface area contributed by atoms with Crippen molar-refractivity contribution in [3.8, 4) is 0 Å². The molecule has 1 amide bonds. The van der Waals surface area contributed by atoms with Gasteiger partial charge in [-0.25, -0.2) is 0 Å². The van der Waals surface area contributed by atoms with Gasteiger partial charge in [-0.3, -0.25) is 4.79 Å². The van der Waals surface area contributed by atoms with Crippen LogP contribution in [0, 0.1) is 0 Å². The Bertz CT molecular complexity index is 339. The van der Waals surface area contributed by atoms with Gasteiger partial charge in [-0.2, -0.15) is 0 Å². The van der Waals surface area contributed by atoms with Crippen molar-refractivity contribution in [1.29, 1.82) is 0 Å². The number of amides is 1. The molecule has 0 bridgehead atoms. The second kappa shape index (κ2) is 4.67. The molecule has 1 aliphatic rings. The van der Waals surface area contributed by atoms with Crippen molar-refractivity contribution in [2.24, 2.45) is 0 Å². The van der Waals surface area contributed by atoms with Gasteiger partial charge < -0.3 is 4.90 Å². The van der Waals surface area contributed by atoms with Gasteiger partial charge >= 0.3 is 0 Å². The topological polar surface area (TPSA) is 20.3 Å². The normalized spacial score (nSPS) is 21.8. The Morgan fingerprint density at radius 2 is 2.07 bits per heavy atom. The molecule has 15 heavy (non-hydrogen) atoms. The zero-order valence-corrected chi connectivity index (χ0v) is 9.28. The van der Waals surface area contributed by atoms with Crippen molar-refractivity contribution in [2.45, 2.75) is 24.8 Å². The maximum Gasteiger partial charge on any atom is 0.240 e. The summed E-state index contributed by atoms with van der Waals surface area (Å²) in [5.74, 6) is 0.0757. The molecule has 2 rings (SSSR count). The van der Waals surface area contributed by atoms with Gasteiger partial charge in [0.25, 0.3) is 0 Å². The second-order valence-corrected chi connectivity index (χ2v) is 4.38. The fraction of sp³-hybridized carbons (Fsp3) is 0.417. The number of carbonyl (C=O) groups excluding carboxylic acids is 1. The minimum Gasteiger partial charge on any atom is -0.337 e. The number of hydrogen-bond donors (Lipinski definition) is 0. The van der Waals surface area contributed by atoms with Crippen molar-refractivity contribution in [1.82, 2.24) is 4.90 Å². The van der Waals surface area contributed by atoms with E-state index in [2.05, 4.69) is 0 Å². The Morgan fingerprint density at radius 3 is 2.80 bits per heavy atom. The number of nitrogens with zero attached hydrogens (tertiary/aromatic N) is 1. The van der Waals surface area contributed by atoms with Gasteiger partial charge in [0.1, 0.15) is 5.38 Å². The summed E-state index contributed by atoms with van der Waals surface area (Å²) in [4.78, 5) is 13.6. The SMILES string of the molecule is O=C1C(Cl)CCCN1Cc1ccccc1.